The van der Waals surface area contributed by atoms with E-state index in [9.17, 15) is 43.2 Å². The van der Waals surface area contributed by atoms with Crippen molar-refractivity contribution in [2.75, 3.05) is 39.6 Å². The van der Waals surface area contributed by atoms with Crippen LogP contribution in [-0.2, 0) is 65.4 Å². The molecule has 5 atom stereocenters. The second-order valence-electron chi connectivity index (χ2n) is 28.0. The Labute approximate surface area is 668 Å². The first-order valence-corrected chi connectivity index (χ1v) is 45.7. The van der Waals surface area contributed by atoms with Crippen molar-refractivity contribution in [3.8, 4) is 0 Å². The number of allylic oxidation sites excluding steroid dienone is 26. The average molecular weight is 1580 g/mol. The Bertz CT molecular complexity index is 2700. The van der Waals surface area contributed by atoms with Crippen LogP contribution in [0.25, 0.3) is 0 Å². The maximum absolute atomic E-state index is 13.1. The molecule has 0 spiro atoms. The van der Waals surface area contributed by atoms with Crippen LogP contribution in [0.5, 0.6) is 0 Å². The number of phosphoric ester groups is 2. The van der Waals surface area contributed by atoms with Crippen molar-refractivity contribution in [3.63, 3.8) is 0 Å². The van der Waals surface area contributed by atoms with Gasteiger partial charge in [0, 0.05) is 25.7 Å². The molecule has 0 saturated carbocycles. The molecule has 3 N–H and O–H groups in total. The number of hydrogen-bond donors (Lipinski definition) is 3. The van der Waals surface area contributed by atoms with E-state index in [2.05, 4.69) is 186 Å². The highest BCUT2D eigenvalue weighted by atomic mass is 31.2. The van der Waals surface area contributed by atoms with Crippen molar-refractivity contribution < 1.29 is 80.2 Å². The molecule has 0 aliphatic rings. The van der Waals surface area contributed by atoms with Gasteiger partial charge in [-0.2, -0.15) is 0 Å². The fourth-order valence-corrected chi connectivity index (χ4v) is 12.7. The Morgan fingerprint density at radius 3 is 0.745 bits per heavy atom. The summed E-state index contributed by atoms with van der Waals surface area (Å²) in [4.78, 5) is 73.3. The van der Waals surface area contributed by atoms with E-state index in [0.717, 1.165) is 218 Å². The smallest absolute Gasteiger partial charge is 0.462 e. The standard InChI is InChI=1S/C91H152O17P2/c1-5-9-13-17-21-25-29-33-37-40-42-45-49-52-56-60-64-68-72-76-89(94)102-82-87(108-91(96)78-74-70-66-62-58-54-50-46-43-41-38-34-30-26-22-18-14-10-6-2)84-106-110(99,100)104-80-85(92)79-103-109(97,98)105-83-86(107-90(95)77-73-69-65-61-57-53-47-36-32-28-24-20-16-12-8-4)81-101-88(93)75-71-67-63-59-55-51-48-44-39-35-31-27-23-19-15-11-7-3/h9-11,13-15,21-23,25-27,33-39,42-43,45-47,52,56,85-87,92H,5-8,12,16-20,24,28-32,40-41,44,48-51,53-55,57-84H2,1-4H3,(H,97,98)(H,99,100)/b13-9-,14-10-,15-11-,25-21-,26-22-,27-23-,37-33-,38-34-,39-35-,45-42-,46-43-,47-36-,56-52-. The number of hydrogen-bond acceptors (Lipinski definition) is 15. The molecule has 0 aliphatic carbocycles. The summed E-state index contributed by atoms with van der Waals surface area (Å²) >= 11 is 0. The number of aliphatic hydroxyl groups excluding tert-OH is 1. The normalized spacial score (nSPS) is 14.6. The Morgan fingerprint density at radius 1 is 0.264 bits per heavy atom. The maximum atomic E-state index is 13.1. The Balaban J connectivity index is 5.45. The molecule has 0 saturated heterocycles. The van der Waals surface area contributed by atoms with Gasteiger partial charge in [-0.1, -0.05) is 301 Å². The predicted octanol–water partition coefficient (Wildman–Crippen LogP) is 25.6. The predicted molar refractivity (Wildman–Crippen MR) is 454 cm³/mol. The van der Waals surface area contributed by atoms with Crippen LogP contribution in [-0.4, -0.2) is 96.7 Å². The summed E-state index contributed by atoms with van der Waals surface area (Å²) < 4.78 is 68.8. The van der Waals surface area contributed by atoms with Crippen LogP contribution in [0.2, 0.25) is 0 Å². The maximum Gasteiger partial charge on any atom is 0.472 e. The molecule has 628 valence electrons. The summed E-state index contributed by atoms with van der Waals surface area (Å²) in [7, 11) is -10.00. The summed E-state index contributed by atoms with van der Waals surface area (Å²) in [5.41, 5.74) is 0. The third-order valence-corrected chi connectivity index (χ3v) is 19.4. The number of aliphatic hydroxyl groups is 1. The van der Waals surface area contributed by atoms with Crippen LogP contribution >= 0.6 is 15.6 Å². The van der Waals surface area contributed by atoms with Crippen LogP contribution < -0.4 is 0 Å². The Hall–Kier alpha value is -5.32. The largest absolute Gasteiger partial charge is 0.472 e. The Kier molecular flexibility index (Phi) is 77.7. The summed E-state index contributed by atoms with van der Waals surface area (Å²) in [6.07, 6.45) is 96.3. The molecule has 19 heteroatoms. The summed E-state index contributed by atoms with van der Waals surface area (Å²) in [5, 5.41) is 10.7. The van der Waals surface area contributed by atoms with Gasteiger partial charge in [-0.15, -0.1) is 0 Å². The molecule has 0 aromatic carbocycles. The zero-order valence-electron chi connectivity index (χ0n) is 68.9. The number of carbonyl (C=O) groups excluding carboxylic acids is 4. The lowest BCUT2D eigenvalue weighted by Gasteiger charge is -2.21. The molecule has 0 aromatic rings. The zero-order valence-corrected chi connectivity index (χ0v) is 70.7. The number of carbonyl (C=O) groups is 4. The van der Waals surface area contributed by atoms with Gasteiger partial charge >= 0.3 is 39.5 Å². The van der Waals surface area contributed by atoms with Gasteiger partial charge < -0.3 is 33.8 Å². The Morgan fingerprint density at radius 2 is 0.473 bits per heavy atom. The number of rotatable bonds is 79. The molecule has 0 fully saturated rings. The molecule has 0 amide bonds. The van der Waals surface area contributed by atoms with E-state index in [-0.39, 0.29) is 25.7 Å². The fraction of sp³-hybridized carbons (Fsp3) is 0.670. The van der Waals surface area contributed by atoms with E-state index >= 15 is 0 Å². The van der Waals surface area contributed by atoms with Crippen molar-refractivity contribution in [3.05, 3.63) is 158 Å². The lowest BCUT2D eigenvalue weighted by Crippen LogP contribution is -2.30. The van der Waals surface area contributed by atoms with Crippen molar-refractivity contribution in [2.45, 2.75) is 354 Å². The molecule has 17 nitrogen and oxygen atoms in total. The highest BCUT2D eigenvalue weighted by Gasteiger charge is 2.30. The molecule has 0 rings (SSSR count). The van der Waals surface area contributed by atoms with Crippen molar-refractivity contribution >= 4 is 39.5 Å². The van der Waals surface area contributed by atoms with Crippen LogP contribution in [0.15, 0.2) is 158 Å². The van der Waals surface area contributed by atoms with Gasteiger partial charge in [0.2, 0.25) is 0 Å². The van der Waals surface area contributed by atoms with E-state index in [1.807, 2.05) is 0 Å². The van der Waals surface area contributed by atoms with E-state index < -0.39 is 97.5 Å². The first kappa shape index (κ1) is 105. The van der Waals surface area contributed by atoms with Crippen molar-refractivity contribution in [1.29, 1.82) is 0 Å². The summed E-state index contributed by atoms with van der Waals surface area (Å²) in [5.74, 6) is -2.24. The summed E-state index contributed by atoms with van der Waals surface area (Å²) in [6, 6.07) is 0. The number of unbranched alkanes of at least 4 members (excludes halogenated alkanes) is 27. The highest BCUT2D eigenvalue weighted by molar-refractivity contribution is 7.47. The van der Waals surface area contributed by atoms with Crippen LogP contribution in [0, 0.1) is 0 Å². The minimum atomic E-state index is -5.00. The van der Waals surface area contributed by atoms with Crippen LogP contribution in [0.4, 0.5) is 0 Å². The van der Waals surface area contributed by atoms with Gasteiger partial charge in [0.1, 0.15) is 19.3 Å². The first-order chi connectivity index (χ1) is 53.7. The van der Waals surface area contributed by atoms with Gasteiger partial charge in [-0.05, 0) is 167 Å². The van der Waals surface area contributed by atoms with E-state index in [1.54, 1.807) is 0 Å². The lowest BCUT2D eigenvalue weighted by atomic mass is 10.1. The van der Waals surface area contributed by atoms with Gasteiger partial charge in [0.25, 0.3) is 0 Å². The quantitative estimate of drug-likeness (QED) is 0.0169. The number of esters is 4. The minimum absolute atomic E-state index is 0.0658. The second kappa shape index (κ2) is 81.7. The third kappa shape index (κ3) is 80.7. The van der Waals surface area contributed by atoms with Crippen molar-refractivity contribution in [1.82, 2.24) is 0 Å². The average Bonchev–Trinajstić information content (AvgIpc) is 0.900. The zero-order chi connectivity index (χ0) is 80.3. The number of ether oxygens (including phenoxy) is 4. The van der Waals surface area contributed by atoms with Gasteiger partial charge in [0.15, 0.2) is 12.2 Å². The monoisotopic (exact) mass is 1580 g/mol. The molecule has 0 aliphatic heterocycles. The number of phosphoric acid groups is 2. The molecule has 110 heavy (non-hydrogen) atoms. The molecular formula is C91H152O17P2. The molecule has 0 heterocycles. The van der Waals surface area contributed by atoms with E-state index in [4.69, 9.17) is 37.0 Å². The topological polar surface area (TPSA) is 237 Å². The molecule has 0 radical (unpaired) electrons. The van der Waals surface area contributed by atoms with Gasteiger partial charge in [-0.25, -0.2) is 9.13 Å². The lowest BCUT2D eigenvalue weighted by molar-refractivity contribution is -0.161. The van der Waals surface area contributed by atoms with Crippen LogP contribution in [0.1, 0.15) is 336 Å². The van der Waals surface area contributed by atoms with Gasteiger partial charge in [0.05, 0.1) is 26.4 Å². The molecule has 0 aromatic heterocycles. The third-order valence-electron chi connectivity index (χ3n) is 17.5. The van der Waals surface area contributed by atoms with Crippen LogP contribution in [0.3, 0.4) is 0 Å². The first-order valence-electron chi connectivity index (χ1n) is 42.7. The fourth-order valence-electron chi connectivity index (χ4n) is 11.1. The second-order valence-corrected chi connectivity index (χ2v) is 30.9. The molecular weight excluding hydrogens is 1430 g/mol. The minimum Gasteiger partial charge on any atom is -0.462 e. The van der Waals surface area contributed by atoms with E-state index in [1.165, 1.54) is 38.5 Å². The molecule has 0 bridgehead atoms. The SMILES string of the molecule is CC/C=C\C/C=C\C/C=C\C/C=C\C/C=C\CCCCCC(=O)OCC(COP(=O)(O)OCC(O)COP(=O)(O)OCC(COC(=O)CCCCCCCCC/C=C\C/C=C\C/C=C\CC)OC(=O)CCCCCCC/C=C\CCCCCCCC)OC(=O)CCCCCCCC/C=C\C/C=C\C/C=C\C/C=C\CC. The van der Waals surface area contributed by atoms with Gasteiger partial charge in [-0.3, -0.25) is 37.3 Å². The van der Waals surface area contributed by atoms with E-state index in [0.29, 0.717) is 25.7 Å². The highest BCUT2D eigenvalue weighted by Crippen LogP contribution is 2.45. The molecule has 5 unspecified atom stereocenters. The summed E-state index contributed by atoms with van der Waals surface area (Å²) in [6.45, 7) is 4.49. The van der Waals surface area contributed by atoms with Crippen molar-refractivity contribution in [2.24, 2.45) is 0 Å².